The quantitative estimate of drug-likeness (QED) is 0.704. The molecule has 2 rings (SSSR count). The van der Waals surface area contributed by atoms with Gasteiger partial charge in [-0.05, 0) is 36.9 Å². The fraction of sp³-hybridized carbons (Fsp3) is 0.556. The van der Waals surface area contributed by atoms with E-state index in [1.807, 2.05) is 30.3 Å². The number of amides is 2. The van der Waals surface area contributed by atoms with Gasteiger partial charge in [0.25, 0.3) is 0 Å². The molecule has 1 fully saturated rings. The van der Waals surface area contributed by atoms with Gasteiger partial charge in [-0.15, -0.1) is 12.4 Å². The third-order valence-corrected chi connectivity index (χ3v) is 4.61. The Morgan fingerprint density at radius 1 is 1.04 bits per heavy atom. The molecule has 0 unspecified atom stereocenters. The Morgan fingerprint density at radius 2 is 1.71 bits per heavy atom. The second kappa shape index (κ2) is 10.3. The maximum Gasteiger partial charge on any atom is 0.226 e. The first-order chi connectivity index (χ1) is 11.1. The minimum absolute atomic E-state index is 0. The normalized spacial score (nSPS) is 15.9. The van der Waals surface area contributed by atoms with Gasteiger partial charge in [0, 0.05) is 25.1 Å². The lowest BCUT2D eigenvalue weighted by Gasteiger charge is -2.35. The molecule has 1 aromatic carbocycles. The molecule has 0 aliphatic heterocycles. The van der Waals surface area contributed by atoms with Crippen molar-refractivity contribution in [1.29, 1.82) is 0 Å². The zero-order chi connectivity index (χ0) is 16.5. The van der Waals surface area contributed by atoms with Crippen LogP contribution in [0.15, 0.2) is 30.3 Å². The molecule has 6 heteroatoms. The summed E-state index contributed by atoms with van der Waals surface area (Å²) in [6, 6.07) is 9.31. The maximum atomic E-state index is 12.1. The van der Waals surface area contributed by atoms with Crippen molar-refractivity contribution in [2.45, 2.75) is 44.9 Å². The molecular formula is C18H28ClN3O2. The Hall–Kier alpha value is -1.59. The molecule has 134 valence electrons. The van der Waals surface area contributed by atoms with Gasteiger partial charge < -0.3 is 16.4 Å². The van der Waals surface area contributed by atoms with Crippen molar-refractivity contribution in [2.24, 2.45) is 11.1 Å². The first-order valence-corrected chi connectivity index (χ1v) is 8.45. The number of nitrogens with two attached hydrogens (primary N) is 1. The van der Waals surface area contributed by atoms with E-state index in [-0.39, 0.29) is 36.1 Å². The van der Waals surface area contributed by atoms with Crippen molar-refractivity contribution in [3.63, 3.8) is 0 Å². The van der Waals surface area contributed by atoms with Gasteiger partial charge in [0.1, 0.15) is 0 Å². The summed E-state index contributed by atoms with van der Waals surface area (Å²) in [7, 11) is 0. The molecule has 0 radical (unpaired) electrons. The fourth-order valence-corrected chi connectivity index (χ4v) is 3.22. The molecule has 4 N–H and O–H groups in total. The molecule has 1 saturated carbocycles. The molecule has 0 saturated heterocycles. The Morgan fingerprint density at radius 3 is 2.33 bits per heavy atom. The molecule has 1 aliphatic rings. The highest BCUT2D eigenvalue weighted by molar-refractivity contribution is 5.91. The van der Waals surface area contributed by atoms with Gasteiger partial charge in [-0.2, -0.15) is 0 Å². The van der Waals surface area contributed by atoms with E-state index in [4.69, 9.17) is 5.73 Å². The lowest BCUT2D eigenvalue weighted by atomic mass is 9.71. The molecule has 0 spiro atoms. The number of benzene rings is 1. The third kappa shape index (κ3) is 6.49. The van der Waals surface area contributed by atoms with Crippen LogP contribution in [0.3, 0.4) is 0 Å². The average Bonchev–Trinajstić information content (AvgIpc) is 2.56. The minimum atomic E-state index is -0.0947. The van der Waals surface area contributed by atoms with E-state index in [2.05, 4.69) is 10.6 Å². The number of carbonyl (C=O) groups excluding carboxylic acids is 2. The van der Waals surface area contributed by atoms with Gasteiger partial charge in [-0.1, -0.05) is 37.5 Å². The van der Waals surface area contributed by atoms with Crippen LogP contribution < -0.4 is 16.4 Å². The molecule has 1 aromatic rings. The number of halogens is 1. The Labute approximate surface area is 150 Å². The fourth-order valence-electron chi connectivity index (χ4n) is 3.22. The number of para-hydroxylation sites is 1. The number of hydrogen-bond donors (Lipinski definition) is 3. The van der Waals surface area contributed by atoms with Crippen molar-refractivity contribution < 1.29 is 9.59 Å². The van der Waals surface area contributed by atoms with Gasteiger partial charge in [0.15, 0.2) is 0 Å². The summed E-state index contributed by atoms with van der Waals surface area (Å²) in [4.78, 5) is 23.9. The summed E-state index contributed by atoms with van der Waals surface area (Å²) in [5, 5.41) is 5.66. The van der Waals surface area contributed by atoms with E-state index in [0.717, 1.165) is 31.4 Å². The predicted molar refractivity (Wildman–Crippen MR) is 99.1 cm³/mol. The molecule has 5 nitrogen and oxygen atoms in total. The van der Waals surface area contributed by atoms with Gasteiger partial charge in [0.05, 0.1) is 0 Å². The molecule has 0 heterocycles. The lowest BCUT2D eigenvalue weighted by Crippen LogP contribution is -2.39. The number of anilines is 1. The Bertz CT molecular complexity index is 516. The van der Waals surface area contributed by atoms with Crippen molar-refractivity contribution in [3.8, 4) is 0 Å². The Kier molecular flexibility index (Phi) is 8.79. The van der Waals surface area contributed by atoms with Gasteiger partial charge in [-0.25, -0.2) is 0 Å². The SMILES string of the molecule is Cl.NCC1(CC(=O)NCCC(=O)Nc2ccccc2)CCCCC1. The van der Waals surface area contributed by atoms with E-state index in [1.165, 1.54) is 6.42 Å². The molecule has 2 amide bonds. The van der Waals surface area contributed by atoms with Gasteiger partial charge >= 0.3 is 0 Å². The molecular weight excluding hydrogens is 326 g/mol. The van der Waals surface area contributed by atoms with Crippen LogP contribution in [-0.2, 0) is 9.59 Å². The highest BCUT2D eigenvalue weighted by Crippen LogP contribution is 2.38. The second-order valence-electron chi connectivity index (χ2n) is 6.46. The summed E-state index contributed by atoms with van der Waals surface area (Å²) in [5.41, 5.74) is 6.64. The van der Waals surface area contributed by atoms with Gasteiger partial charge in [-0.3, -0.25) is 9.59 Å². The maximum absolute atomic E-state index is 12.1. The van der Waals surface area contributed by atoms with Crippen LogP contribution in [0.25, 0.3) is 0 Å². The standard InChI is InChI=1S/C18H27N3O2.ClH/c19-14-18(10-5-2-6-11-18)13-17(23)20-12-9-16(22)21-15-7-3-1-4-8-15;/h1,3-4,7-8H,2,5-6,9-14,19H2,(H,20,23)(H,21,22);1H. The van der Waals surface area contributed by atoms with Crippen LogP contribution in [0, 0.1) is 5.41 Å². The zero-order valence-corrected chi connectivity index (χ0v) is 14.9. The molecule has 0 aromatic heterocycles. The topological polar surface area (TPSA) is 84.2 Å². The average molecular weight is 354 g/mol. The summed E-state index contributed by atoms with van der Waals surface area (Å²) >= 11 is 0. The lowest BCUT2D eigenvalue weighted by molar-refractivity contribution is -0.124. The van der Waals surface area contributed by atoms with E-state index in [1.54, 1.807) is 0 Å². The van der Waals surface area contributed by atoms with Gasteiger partial charge in [0.2, 0.25) is 11.8 Å². The Balaban J connectivity index is 0.00000288. The molecule has 1 aliphatic carbocycles. The van der Waals surface area contributed by atoms with Crippen LogP contribution >= 0.6 is 12.4 Å². The van der Waals surface area contributed by atoms with Crippen LogP contribution in [-0.4, -0.2) is 24.9 Å². The van der Waals surface area contributed by atoms with Crippen molar-refractivity contribution in [2.75, 3.05) is 18.4 Å². The number of rotatable bonds is 7. The molecule has 0 bridgehead atoms. The minimum Gasteiger partial charge on any atom is -0.356 e. The number of carbonyl (C=O) groups is 2. The molecule has 0 atom stereocenters. The van der Waals surface area contributed by atoms with Crippen LogP contribution in [0.4, 0.5) is 5.69 Å². The summed E-state index contributed by atoms with van der Waals surface area (Å²) in [6.45, 7) is 0.924. The summed E-state index contributed by atoms with van der Waals surface area (Å²) < 4.78 is 0. The van der Waals surface area contributed by atoms with Crippen molar-refractivity contribution >= 4 is 29.9 Å². The van der Waals surface area contributed by atoms with E-state index < -0.39 is 0 Å². The smallest absolute Gasteiger partial charge is 0.226 e. The van der Waals surface area contributed by atoms with Crippen molar-refractivity contribution in [1.82, 2.24) is 5.32 Å². The van der Waals surface area contributed by atoms with E-state index in [0.29, 0.717) is 19.5 Å². The van der Waals surface area contributed by atoms with Crippen LogP contribution in [0.2, 0.25) is 0 Å². The zero-order valence-electron chi connectivity index (χ0n) is 14.1. The highest BCUT2D eigenvalue weighted by Gasteiger charge is 2.32. The first kappa shape index (κ1) is 20.5. The monoisotopic (exact) mass is 353 g/mol. The number of hydrogen-bond acceptors (Lipinski definition) is 3. The van der Waals surface area contributed by atoms with E-state index >= 15 is 0 Å². The van der Waals surface area contributed by atoms with E-state index in [9.17, 15) is 9.59 Å². The number of nitrogens with one attached hydrogen (secondary N) is 2. The highest BCUT2D eigenvalue weighted by atomic mass is 35.5. The summed E-state index contributed by atoms with van der Waals surface area (Å²) in [6.07, 6.45) is 6.37. The first-order valence-electron chi connectivity index (χ1n) is 8.45. The third-order valence-electron chi connectivity index (χ3n) is 4.61. The second-order valence-corrected chi connectivity index (χ2v) is 6.46. The summed E-state index contributed by atoms with van der Waals surface area (Å²) in [5.74, 6) is -0.0902. The molecule has 24 heavy (non-hydrogen) atoms. The predicted octanol–water partition coefficient (Wildman–Crippen LogP) is 2.85. The largest absolute Gasteiger partial charge is 0.356 e. The van der Waals surface area contributed by atoms with Crippen LogP contribution in [0.1, 0.15) is 44.9 Å². The van der Waals surface area contributed by atoms with Crippen LogP contribution in [0.5, 0.6) is 0 Å². The van der Waals surface area contributed by atoms with Crippen molar-refractivity contribution in [3.05, 3.63) is 30.3 Å².